The van der Waals surface area contributed by atoms with Crippen LogP contribution < -0.4 is 10.6 Å². The second-order valence-electron chi connectivity index (χ2n) is 7.88. The van der Waals surface area contributed by atoms with Gasteiger partial charge >= 0.3 is 0 Å². The van der Waals surface area contributed by atoms with Crippen molar-refractivity contribution in [3.8, 4) is 0 Å². The van der Waals surface area contributed by atoms with E-state index in [1.54, 1.807) is 0 Å². The molecule has 1 saturated carbocycles. The lowest BCUT2D eigenvalue weighted by Gasteiger charge is -2.36. The zero-order valence-corrected chi connectivity index (χ0v) is 17.1. The van der Waals surface area contributed by atoms with Crippen molar-refractivity contribution in [2.45, 2.75) is 51.6 Å². The van der Waals surface area contributed by atoms with Crippen molar-refractivity contribution >= 4 is 11.9 Å². The van der Waals surface area contributed by atoms with Gasteiger partial charge in [-0.3, -0.25) is 14.7 Å². The molecular formula is C19H38N6O. The molecule has 1 saturated heterocycles. The molecule has 0 atom stereocenters. The fraction of sp³-hybridized carbons (Fsp3) is 0.895. The fourth-order valence-electron chi connectivity index (χ4n) is 3.89. The van der Waals surface area contributed by atoms with Crippen molar-refractivity contribution in [1.82, 2.24) is 25.3 Å². The van der Waals surface area contributed by atoms with Crippen LogP contribution >= 0.6 is 0 Å². The van der Waals surface area contributed by atoms with Crippen molar-refractivity contribution in [3.05, 3.63) is 0 Å². The van der Waals surface area contributed by atoms with Gasteiger partial charge in [0.25, 0.3) is 0 Å². The van der Waals surface area contributed by atoms with Crippen molar-refractivity contribution in [1.29, 1.82) is 0 Å². The molecule has 1 amide bonds. The molecule has 0 spiro atoms. The number of aliphatic imine (C=N–C) groups is 1. The van der Waals surface area contributed by atoms with E-state index in [1.165, 1.54) is 25.7 Å². The first-order valence-corrected chi connectivity index (χ1v) is 10.2. The predicted molar refractivity (Wildman–Crippen MR) is 108 cm³/mol. The van der Waals surface area contributed by atoms with Gasteiger partial charge in [0, 0.05) is 58.4 Å². The van der Waals surface area contributed by atoms with Crippen LogP contribution in [0.3, 0.4) is 0 Å². The summed E-state index contributed by atoms with van der Waals surface area (Å²) in [7, 11) is 4.09. The van der Waals surface area contributed by atoms with Crippen molar-refractivity contribution in [2.24, 2.45) is 4.99 Å². The van der Waals surface area contributed by atoms with Crippen LogP contribution in [0.4, 0.5) is 0 Å². The van der Waals surface area contributed by atoms with Gasteiger partial charge in [-0.1, -0.05) is 12.8 Å². The zero-order chi connectivity index (χ0) is 18.9. The van der Waals surface area contributed by atoms with Crippen LogP contribution in [-0.2, 0) is 4.79 Å². The molecular weight excluding hydrogens is 328 g/mol. The van der Waals surface area contributed by atoms with Crippen molar-refractivity contribution in [2.75, 3.05) is 59.9 Å². The first kappa shape index (κ1) is 21.0. The van der Waals surface area contributed by atoms with E-state index >= 15 is 0 Å². The van der Waals surface area contributed by atoms with Gasteiger partial charge in [-0.05, 0) is 33.7 Å². The zero-order valence-electron chi connectivity index (χ0n) is 17.1. The van der Waals surface area contributed by atoms with Crippen LogP contribution in [0.15, 0.2) is 4.99 Å². The van der Waals surface area contributed by atoms with E-state index in [2.05, 4.69) is 37.4 Å². The number of rotatable bonds is 7. The summed E-state index contributed by atoms with van der Waals surface area (Å²) in [5.41, 5.74) is 0. The molecule has 2 fully saturated rings. The highest BCUT2D eigenvalue weighted by molar-refractivity contribution is 5.80. The Morgan fingerprint density at radius 1 is 1.19 bits per heavy atom. The van der Waals surface area contributed by atoms with Gasteiger partial charge in [-0.15, -0.1) is 0 Å². The molecule has 7 nitrogen and oxygen atoms in total. The maximum atomic E-state index is 11.9. The molecule has 2 aliphatic rings. The Balaban J connectivity index is 1.66. The van der Waals surface area contributed by atoms with Gasteiger partial charge in [0.2, 0.25) is 5.91 Å². The molecule has 2 rings (SSSR count). The van der Waals surface area contributed by atoms with E-state index in [1.807, 2.05) is 20.9 Å². The van der Waals surface area contributed by atoms with Gasteiger partial charge in [0.05, 0.1) is 6.54 Å². The number of carbonyl (C=O) groups is 1. The standard InChI is InChI=1S/C19H38N6O/c1-16(2)22-18(26)15-24-11-13-25(14-12-24)19(20-3)21-9-10-23(4)17-7-5-6-8-17/h16-17H,5-15H2,1-4H3,(H,20,21)(H,22,26). The Bertz CT molecular complexity index is 453. The monoisotopic (exact) mass is 366 g/mol. The summed E-state index contributed by atoms with van der Waals surface area (Å²) in [6, 6.07) is 0.966. The van der Waals surface area contributed by atoms with Gasteiger partial charge in [0.15, 0.2) is 5.96 Å². The minimum atomic E-state index is 0.117. The minimum Gasteiger partial charge on any atom is -0.355 e. The second kappa shape index (κ2) is 10.7. The summed E-state index contributed by atoms with van der Waals surface area (Å²) < 4.78 is 0. The average Bonchev–Trinajstić information content (AvgIpc) is 3.13. The quantitative estimate of drug-likeness (QED) is 0.510. The van der Waals surface area contributed by atoms with Crippen LogP contribution in [0.5, 0.6) is 0 Å². The van der Waals surface area contributed by atoms with Crippen LogP contribution in [-0.4, -0.2) is 98.6 Å². The molecule has 0 radical (unpaired) electrons. The molecule has 0 aromatic carbocycles. The Labute approximate surface area is 159 Å². The number of hydrogen-bond donors (Lipinski definition) is 2. The molecule has 1 heterocycles. The van der Waals surface area contributed by atoms with E-state index in [9.17, 15) is 4.79 Å². The molecule has 0 aromatic heterocycles. The maximum absolute atomic E-state index is 11.9. The van der Waals surface area contributed by atoms with E-state index in [4.69, 9.17) is 0 Å². The smallest absolute Gasteiger partial charge is 0.234 e. The molecule has 0 bridgehead atoms. The predicted octanol–water partition coefficient (Wildman–Crippen LogP) is 0.578. The lowest BCUT2D eigenvalue weighted by Crippen LogP contribution is -2.54. The fourth-order valence-corrected chi connectivity index (χ4v) is 3.89. The third-order valence-corrected chi connectivity index (χ3v) is 5.40. The van der Waals surface area contributed by atoms with Crippen LogP contribution in [0.25, 0.3) is 0 Å². The molecule has 1 aliphatic heterocycles. The molecule has 150 valence electrons. The van der Waals surface area contributed by atoms with Crippen LogP contribution in [0, 0.1) is 0 Å². The van der Waals surface area contributed by atoms with Gasteiger partial charge in [-0.2, -0.15) is 0 Å². The lowest BCUT2D eigenvalue weighted by molar-refractivity contribution is -0.123. The average molecular weight is 367 g/mol. The van der Waals surface area contributed by atoms with E-state index in [-0.39, 0.29) is 11.9 Å². The SMILES string of the molecule is CN=C(NCCN(C)C1CCCC1)N1CCN(CC(=O)NC(C)C)CC1. The number of guanidine groups is 1. The highest BCUT2D eigenvalue weighted by Crippen LogP contribution is 2.21. The highest BCUT2D eigenvalue weighted by atomic mass is 16.2. The minimum absolute atomic E-state index is 0.117. The first-order valence-electron chi connectivity index (χ1n) is 10.2. The maximum Gasteiger partial charge on any atom is 0.234 e. The topological polar surface area (TPSA) is 63.2 Å². The third-order valence-electron chi connectivity index (χ3n) is 5.40. The Morgan fingerprint density at radius 2 is 1.85 bits per heavy atom. The molecule has 2 N–H and O–H groups in total. The summed E-state index contributed by atoms with van der Waals surface area (Å²) in [5, 5.41) is 6.47. The number of amides is 1. The Kier molecular flexibility index (Phi) is 8.65. The summed E-state index contributed by atoms with van der Waals surface area (Å²) in [4.78, 5) is 23.3. The van der Waals surface area contributed by atoms with Crippen molar-refractivity contribution in [3.63, 3.8) is 0 Å². The molecule has 7 heteroatoms. The van der Waals surface area contributed by atoms with Gasteiger partial charge in [0.1, 0.15) is 0 Å². The summed E-state index contributed by atoms with van der Waals surface area (Å²) in [5.74, 6) is 1.10. The van der Waals surface area contributed by atoms with Gasteiger partial charge in [-0.25, -0.2) is 0 Å². The number of hydrogen-bond acceptors (Lipinski definition) is 4. The van der Waals surface area contributed by atoms with Crippen molar-refractivity contribution < 1.29 is 4.79 Å². The van der Waals surface area contributed by atoms with Gasteiger partial charge < -0.3 is 20.4 Å². The van der Waals surface area contributed by atoms with E-state index in [0.29, 0.717) is 6.54 Å². The molecule has 1 aliphatic carbocycles. The molecule has 0 aromatic rings. The second-order valence-corrected chi connectivity index (χ2v) is 7.88. The van der Waals surface area contributed by atoms with Crippen LogP contribution in [0.2, 0.25) is 0 Å². The third kappa shape index (κ3) is 6.76. The summed E-state index contributed by atoms with van der Waals surface area (Å²) >= 11 is 0. The van der Waals surface area contributed by atoms with E-state index in [0.717, 1.165) is 51.3 Å². The van der Waals surface area contributed by atoms with E-state index < -0.39 is 0 Å². The first-order chi connectivity index (χ1) is 12.5. The summed E-state index contributed by atoms with van der Waals surface area (Å²) in [6.45, 7) is 10.1. The largest absolute Gasteiger partial charge is 0.355 e. The molecule has 0 unspecified atom stereocenters. The number of nitrogens with zero attached hydrogens (tertiary/aromatic N) is 4. The lowest BCUT2D eigenvalue weighted by atomic mass is 10.2. The Morgan fingerprint density at radius 3 is 2.42 bits per heavy atom. The van der Waals surface area contributed by atoms with Crippen LogP contribution in [0.1, 0.15) is 39.5 Å². The highest BCUT2D eigenvalue weighted by Gasteiger charge is 2.22. The number of likely N-dealkylation sites (N-methyl/N-ethyl adjacent to an activating group) is 1. The number of nitrogens with one attached hydrogen (secondary N) is 2. The number of piperazine rings is 1. The normalized spacial score (nSPS) is 20.2. The summed E-state index contributed by atoms with van der Waals surface area (Å²) in [6.07, 6.45) is 5.45. The number of carbonyl (C=O) groups excluding carboxylic acids is 1. The Hall–Kier alpha value is -1.34. The molecule has 26 heavy (non-hydrogen) atoms.